The van der Waals surface area contributed by atoms with Crippen LogP contribution in [0.2, 0.25) is 0 Å². The van der Waals surface area contributed by atoms with Crippen molar-refractivity contribution in [2.75, 3.05) is 13.1 Å². The summed E-state index contributed by atoms with van der Waals surface area (Å²) in [4.78, 5) is 25.0. The molecule has 0 bridgehead atoms. The minimum atomic E-state index is -0.128. The molecule has 0 radical (unpaired) electrons. The number of carbonyl (C=O) groups excluding carboxylic acids is 2. The third-order valence-electron chi connectivity index (χ3n) is 3.31. The highest BCUT2D eigenvalue weighted by molar-refractivity contribution is 5.87. The summed E-state index contributed by atoms with van der Waals surface area (Å²) in [5.74, 6) is 0.557. The van der Waals surface area contributed by atoms with Crippen LogP contribution in [0.5, 0.6) is 0 Å². The second kappa shape index (κ2) is 4.80. The van der Waals surface area contributed by atoms with Crippen molar-refractivity contribution in [2.24, 2.45) is 0 Å². The van der Waals surface area contributed by atoms with Gasteiger partial charge in [0.2, 0.25) is 11.8 Å². The number of hydrogen-bond donors (Lipinski definition) is 1. The quantitative estimate of drug-likeness (QED) is 0.839. The molecule has 2 heterocycles. The first-order valence-corrected chi connectivity index (χ1v) is 5.99. The molecule has 2 amide bonds. The molecule has 1 aliphatic heterocycles. The Hall–Kier alpha value is -1.85. The van der Waals surface area contributed by atoms with E-state index >= 15 is 0 Å². The first kappa shape index (κ1) is 12.6. The average molecular weight is 251 g/mol. The molecule has 18 heavy (non-hydrogen) atoms. The van der Waals surface area contributed by atoms with Gasteiger partial charge in [0.25, 0.3) is 0 Å². The molecule has 2 rings (SSSR count). The minimum absolute atomic E-state index is 0.0621. The van der Waals surface area contributed by atoms with E-state index in [1.165, 1.54) is 0 Å². The van der Waals surface area contributed by atoms with Crippen molar-refractivity contribution in [3.8, 4) is 0 Å². The van der Waals surface area contributed by atoms with E-state index in [0.29, 0.717) is 13.0 Å². The fraction of sp³-hybridized carbons (Fsp3) is 0.583. The van der Waals surface area contributed by atoms with Crippen LogP contribution in [0.25, 0.3) is 0 Å². The van der Waals surface area contributed by atoms with Crippen LogP contribution in [0.1, 0.15) is 36.4 Å². The Kier molecular flexibility index (Phi) is 3.36. The zero-order valence-electron chi connectivity index (χ0n) is 10.8. The van der Waals surface area contributed by atoms with Crippen molar-refractivity contribution in [1.29, 1.82) is 0 Å². The van der Waals surface area contributed by atoms with Crippen LogP contribution >= 0.6 is 0 Å². The molecule has 6 heteroatoms. The van der Waals surface area contributed by atoms with Crippen LogP contribution in [-0.4, -0.2) is 35.0 Å². The molecule has 1 saturated heterocycles. The monoisotopic (exact) mass is 251 g/mol. The number of aryl methyl sites for hydroxylation is 2. The van der Waals surface area contributed by atoms with Crippen LogP contribution < -0.4 is 5.32 Å². The number of amides is 2. The molecule has 98 valence electrons. The Morgan fingerprint density at radius 1 is 1.39 bits per heavy atom. The summed E-state index contributed by atoms with van der Waals surface area (Å²) in [6.45, 7) is 6.11. The summed E-state index contributed by atoms with van der Waals surface area (Å²) in [5.41, 5.74) is 1.72. The molecule has 0 spiro atoms. The van der Waals surface area contributed by atoms with Gasteiger partial charge in [0.05, 0.1) is 18.3 Å². The number of rotatable bonds is 2. The smallest absolute Gasteiger partial charge is 0.242 e. The van der Waals surface area contributed by atoms with E-state index in [2.05, 4.69) is 10.5 Å². The highest BCUT2D eigenvalue weighted by Gasteiger charge is 2.28. The number of aromatic nitrogens is 1. The Morgan fingerprint density at radius 2 is 2.11 bits per heavy atom. The van der Waals surface area contributed by atoms with Gasteiger partial charge in [-0.15, -0.1) is 0 Å². The summed E-state index contributed by atoms with van der Waals surface area (Å²) >= 11 is 0. The number of hydrogen-bond acceptors (Lipinski definition) is 4. The summed E-state index contributed by atoms with van der Waals surface area (Å²) in [6.07, 6.45) is 0.333. The van der Waals surface area contributed by atoms with Crippen molar-refractivity contribution in [1.82, 2.24) is 15.4 Å². The SMILES string of the molecule is Cc1noc(C)c1C(C)N1CCC(=O)NCC1=O. The molecular weight excluding hydrogens is 234 g/mol. The highest BCUT2D eigenvalue weighted by Crippen LogP contribution is 2.27. The maximum absolute atomic E-state index is 12.0. The van der Waals surface area contributed by atoms with Gasteiger partial charge >= 0.3 is 0 Å². The molecule has 0 aromatic carbocycles. The van der Waals surface area contributed by atoms with E-state index in [9.17, 15) is 9.59 Å². The molecule has 0 aliphatic carbocycles. The molecule has 1 aromatic heterocycles. The van der Waals surface area contributed by atoms with Crippen molar-refractivity contribution >= 4 is 11.8 Å². The molecule has 6 nitrogen and oxygen atoms in total. The van der Waals surface area contributed by atoms with E-state index in [4.69, 9.17) is 4.52 Å². The van der Waals surface area contributed by atoms with E-state index in [0.717, 1.165) is 17.0 Å². The number of nitrogens with zero attached hydrogens (tertiary/aromatic N) is 2. The van der Waals surface area contributed by atoms with Gasteiger partial charge in [-0.3, -0.25) is 9.59 Å². The van der Waals surface area contributed by atoms with E-state index < -0.39 is 0 Å². The first-order chi connectivity index (χ1) is 8.50. The average Bonchev–Trinajstić information content (AvgIpc) is 2.55. The third-order valence-corrected chi connectivity index (χ3v) is 3.31. The zero-order chi connectivity index (χ0) is 13.3. The maximum Gasteiger partial charge on any atom is 0.242 e. The predicted octanol–water partition coefficient (Wildman–Crippen LogP) is 0.701. The van der Waals surface area contributed by atoms with Crippen LogP contribution in [0, 0.1) is 13.8 Å². The third kappa shape index (κ3) is 2.23. The van der Waals surface area contributed by atoms with Crippen LogP contribution in [0.3, 0.4) is 0 Å². The molecule has 1 fully saturated rings. The molecule has 1 aliphatic rings. The Labute approximate surface area is 105 Å². The Bertz CT molecular complexity index is 461. The summed E-state index contributed by atoms with van der Waals surface area (Å²) in [7, 11) is 0. The van der Waals surface area contributed by atoms with E-state index in [-0.39, 0.29) is 24.4 Å². The normalized spacial score (nSPS) is 18.5. The molecular formula is C12H17N3O3. The first-order valence-electron chi connectivity index (χ1n) is 5.99. The maximum atomic E-state index is 12.0. The molecule has 0 saturated carbocycles. The van der Waals surface area contributed by atoms with Gasteiger partial charge in [0.1, 0.15) is 5.76 Å². The standard InChI is InChI=1S/C12H17N3O3/c1-7-12(9(3)18-14-7)8(2)15-5-4-10(16)13-6-11(15)17/h8H,4-6H2,1-3H3,(H,13,16). The zero-order valence-corrected chi connectivity index (χ0v) is 10.8. The molecule has 1 atom stereocenters. The topological polar surface area (TPSA) is 75.4 Å². The van der Waals surface area contributed by atoms with Gasteiger partial charge in [-0.2, -0.15) is 0 Å². The summed E-state index contributed by atoms with van der Waals surface area (Å²) < 4.78 is 5.12. The Morgan fingerprint density at radius 3 is 2.72 bits per heavy atom. The number of carbonyl (C=O) groups is 2. The van der Waals surface area contributed by atoms with Crippen molar-refractivity contribution < 1.29 is 14.1 Å². The molecule has 1 aromatic rings. The minimum Gasteiger partial charge on any atom is -0.361 e. The predicted molar refractivity (Wildman–Crippen MR) is 63.7 cm³/mol. The van der Waals surface area contributed by atoms with Crippen LogP contribution in [0.15, 0.2) is 4.52 Å². The van der Waals surface area contributed by atoms with Gasteiger partial charge in [-0.1, -0.05) is 5.16 Å². The van der Waals surface area contributed by atoms with Crippen molar-refractivity contribution in [2.45, 2.75) is 33.2 Å². The fourth-order valence-electron chi connectivity index (χ4n) is 2.36. The summed E-state index contributed by atoms with van der Waals surface area (Å²) in [6, 6.07) is -0.128. The second-order valence-corrected chi connectivity index (χ2v) is 4.53. The number of nitrogens with one attached hydrogen (secondary N) is 1. The van der Waals surface area contributed by atoms with E-state index in [1.54, 1.807) is 4.90 Å². The summed E-state index contributed by atoms with van der Waals surface area (Å²) in [5, 5.41) is 6.48. The van der Waals surface area contributed by atoms with Gasteiger partial charge in [0.15, 0.2) is 0 Å². The molecule has 1 unspecified atom stereocenters. The van der Waals surface area contributed by atoms with Crippen LogP contribution in [0.4, 0.5) is 0 Å². The fourth-order valence-corrected chi connectivity index (χ4v) is 2.36. The lowest BCUT2D eigenvalue weighted by molar-refractivity contribution is -0.132. The van der Waals surface area contributed by atoms with Gasteiger partial charge in [-0.25, -0.2) is 0 Å². The largest absolute Gasteiger partial charge is 0.361 e. The molecule has 1 N–H and O–H groups in total. The lowest BCUT2D eigenvalue weighted by Crippen LogP contribution is -2.37. The lowest BCUT2D eigenvalue weighted by atomic mass is 10.1. The Balaban J connectivity index is 2.24. The lowest BCUT2D eigenvalue weighted by Gasteiger charge is -2.27. The van der Waals surface area contributed by atoms with E-state index in [1.807, 2.05) is 20.8 Å². The van der Waals surface area contributed by atoms with Crippen molar-refractivity contribution in [3.05, 3.63) is 17.0 Å². The highest BCUT2D eigenvalue weighted by atomic mass is 16.5. The van der Waals surface area contributed by atoms with Gasteiger partial charge in [0, 0.05) is 18.5 Å². The van der Waals surface area contributed by atoms with Gasteiger partial charge in [-0.05, 0) is 20.8 Å². The van der Waals surface area contributed by atoms with Gasteiger partial charge < -0.3 is 14.7 Å². The second-order valence-electron chi connectivity index (χ2n) is 4.53. The van der Waals surface area contributed by atoms with Crippen molar-refractivity contribution in [3.63, 3.8) is 0 Å². The van der Waals surface area contributed by atoms with Crippen LogP contribution in [-0.2, 0) is 9.59 Å².